The van der Waals surface area contributed by atoms with Crippen molar-refractivity contribution in [3.05, 3.63) is 36.5 Å². The van der Waals surface area contributed by atoms with E-state index >= 15 is 0 Å². The minimum atomic E-state index is -0.773. The summed E-state index contributed by atoms with van der Waals surface area (Å²) in [4.78, 5) is 38.3. The Morgan fingerprint density at radius 2 is 0.480 bits per heavy atom. The Morgan fingerprint density at radius 1 is 0.267 bits per heavy atom. The molecule has 75 heavy (non-hydrogen) atoms. The van der Waals surface area contributed by atoms with Gasteiger partial charge in [-0.15, -0.1) is 0 Å². The molecule has 0 amide bonds. The van der Waals surface area contributed by atoms with Crippen LogP contribution in [0.4, 0.5) is 0 Å². The zero-order chi connectivity index (χ0) is 54.3. The van der Waals surface area contributed by atoms with Crippen molar-refractivity contribution in [3.8, 4) is 0 Å². The second-order valence-corrected chi connectivity index (χ2v) is 22.7. The fourth-order valence-corrected chi connectivity index (χ4v) is 10.1. The minimum Gasteiger partial charge on any atom is -0.462 e. The molecule has 0 aromatic carbocycles. The normalized spacial score (nSPS) is 12.2. The summed E-state index contributed by atoms with van der Waals surface area (Å²) in [6.07, 6.45) is 78.7. The SMILES string of the molecule is CCCCCCC/C=C\C/C=C\CCCCCCCCCCCCCCCC(=O)OCC(COC(=O)CCCCCCC/C=C\CCCCCCCC)OC(=O)CCCCCCCCCCCCCCCCCCC. The summed E-state index contributed by atoms with van der Waals surface area (Å²) in [6, 6.07) is 0. The van der Waals surface area contributed by atoms with E-state index in [0.29, 0.717) is 19.3 Å². The van der Waals surface area contributed by atoms with Crippen molar-refractivity contribution in [1.29, 1.82) is 0 Å². The van der Waals surface area contributed by atoms with E-state index in [0.717, 1.165) is 70.6 Å². The number of esters is 3. The standard InChI is InChI=1S/C69H128O6/c1-4-7-10-13-16-19-22-25-28-30-31-32-33-34-35-36-37-39-41-44-47-50-53-56-59-62-68(71)74-65-66(64-73-67(70)61-58-55-52-49-46-43-40-27-24-21-18-15-12-9-6-3)75-69(72)63-60-57-54-51-48-45-42-38-29-26-23-20-17-14-11-8-5-2/h22,25,27,30-31,40,66H,4-21,23-24,26,28-29,32-39,41-65H2,1-3H3/b25-22-,31-30-,40-27-. The maximum absolute atomic E-state index is 12.9. The summed E-state index contributed by atoms with van der Waals surface area (Å²) in [5.41, 5.74) is 0. The molecule has 440 valence electrons. The molecule has 0 aromatic rings. The Hall–Kier alpha value is -2.37. The van der Waals surface area contributed by atoms with Crippen molar-refractivity contribution in [2.45, 2.75) is 374 Å². The van der Waals surface area contributed by atoms with Crippen LogP contribution in [0.1, 0.15) is 367 Å². The molecule has 0 saturated carbocycles. The fraction of sp³-hybridized carbons (Fsp3) is 0.870. The first-order chi connectivity index (χ1) is 37.0. The molecule has 0 aliphatic rings. The first kappa shape index (κ1) is 72.6. The third-order valence-corrected chi connectivity index (χ3v) is 15.1. The zero-order valence-electron chi connectivity index (χ0n) is 50.6. The number of unbranched alkanes of at least 4 members (excludes halogenated alkanes) is 45. The number of hydrogen-bond acceptors (Lipinski definition) is 6. The molecule has 6 heteroatoms. The van der Waals surface area contributed by atoms with Crippen molar-refractivity contribution < 1.29 is 28.6 Å². The van der Waals surface area contributed by atoms with E-state index in [9.17, 15) is 14.4 Å². The molecule has 1 atom stereocenters. The number of rotatable bonds is 62. The molecule has 0 rings (SSSR count). The highest BCUT2D eigenvalue weighted by Crippen LogP contribution is 2.18. The van der Waals surface area contributed by atoms with Crippen LogP contribution < -0.4 is 0 Å². The van der Waals surface area contributed by atoms with Gasteiger partial charge in [-0.25, -0.2) is 0 Å². The lowest BCUT2D eigenvalue weighted by molar-refractivity contribution is -0.167. The second kappa shape index (κ2) is 64.2. The van der Waals surface area contributed by atoms with E-state index in [2.05, 4.69) is 57.2 Å². The maximum Gasteiger partial charge on any atom is 0.306 e. The quantitative estimate of drug-likeness (QED) is 0.0261. The Kier molecular flexibility index (Phi) is 62.1. The molecule has 0 aliphatic heterocycles. The van der Waals surface area contributed by atoms with Crippen molar-refractivity contribution in [1.82, 2.24) is 0 Å². The Bertz CT molecular complexity index is 1250. The van der Waals surface area contributed by atoms with Crippen LogP contribution in [0.5, 0.6) is 0 Å². The molecule has 0 bridgehead atoms. The molecule has 1 unspecified atom stereocenters. The first-order valence-corrected chi connectivity index (χ1v) is 33.5. The fourth-order valence-electron chi connectivity index (χ4n) is 10.1. The maximum atomic E-state index is 12.9. The molecule has 0 aliphatic carbocycles. The van der Waals surface area contributed by atoms with Gasteiger partial charge in [0.1, 0.15) is 13.2 Å². The van der Waals surface area contributed by atoms with Gasteiger partial charge in [-0.1, -0.05) is 308 Å². The number of hydrogen-bond donors (Lipinski definition) is 0. The van der Waals surface area contributed by atoms with Gasteiger partial charge in [0.15, 0.2) is 6.10 Å². The number of allylic oxidation sites excluding steroid dienone is 6. The zero-order valence-corrected chi connectivity index (χ0v) is 50.6. The van der Waals surface area contributed by atoms with Crippen LogP contribution in [0, 0.1) is 0 Å². The average molecular weight is 1050 g/mol. The van der Waals surface area contributed by atoms with E-state index in [1.807, 2.05) is 0 Å². The minimum absolute atomic E-state index is 0.0703. The number of ether oxygens (including phenoxy) is 3. The van der Waals surface area contributed by atoms with Crippen molar-refractivity contribution in [3.63, 3.8) is 0 Å². The van der Waals surface area contributed by atoms with Crippen LogP contribution in [-0.4, -0.2) is 37.2 Å². The van der Waals surface area contributed by atoms with Gasteiger partial charge < -0.3 is 14.2 Å². The molecule has 0 radical (unpaired) electrons. The largest absolute Gasteiger partial charge is 0.462 e. The summed E-state index contributed by atoms with van der Waals surface area (Å²) in [6.45, 7) is 6.68. The van der Waals surface area contributed by atoms with Crippen LogP contribution in [0.15, 0.2) is 36.5 Å². The van der Waals surface area contributed by atoms with Crippen LogP contribution >= 0.6 is 0 Å². The van der Waals surface area contributed by atoms with Gasteiger partial charge in [-0.2, -0.15) is 0 Å². The monoisotopic (exact) mass is 1050 g/mol. The third-order valence-electron chi connectivity index (χ3n) is 15.1. The molecule has 0 aromatic heterocycles. The van der Waals surface area contributed by atoms with E-state index in [4.69, 9.17) is 14.2 Å². The lowest BCUT2D eigenvalue weighted by Gasteiger charge is -2.18. The molecular formula is C69H128O6. The van der Waals surface area contributed by atoms with Gasteiger partial charge in [0.05, 0.1) is 0 Å². The van der Waals surface area contributed by atoms with E-state index in [1.54, 1.807) is 0 Å². The molecule has 0 N–H and O–H groups in total. The van der Waals surface area contributed by atoms with Crippen molar-refractivity contribution in [2.24, 2.45) is 0 Å². The summed E-state index contributed by atoms with van der Waals surface area (Å²) in [5.74, 6) is -0.853. The van der Waals surface area contributed by atoms with Gasteiger partial charge in [0, 0.05) is 19.3 Å². The van der Waals surface area contributed by atoms with Crippen LogP contribution in [0.2, 0.25) is 0 Å². The predicted molar refractivity (Wildman–Crippen MR) is 326 cm³/mol. The van der Waals surface area contributed by atoms with Gasteiger partial charge in [-0.05, 0) is 77.0 Å². The molecular weight excluding hydrogens is 925 g/mol. The second-order valence-electron chi connectivity index (χ2n) is 22.7. The van der Waals surface area contributed by atoms with Gasteiger partial charge in [0.25, 0.3) is 0 Å². The molecule has 0 saturated heterocycles. The lowest BCUT2D eigenvalue weighted by Crippen LogP contribution is -2.30. The lowest BCUT2D eigenvalue weighted by atomic mass is 10.0. The molecule has 0 spiro atoms. The average Bonchev–Trinajstić information content (AvgIpc) is 3.41. The van der Waals surface area contributed by atoms with Gasteiger partial charge >= 0.3 is 17.9 Å². The predicted octanol–water partition coefficient (Wildman–Crippen LogP) is 22.8. The Morgan fingerprint density at radius 3 is 0.747 bits per heavy atom. The highest BCUT2D eigenvalue weighted by atomic mass is 16.6. The van der Waals surface area contributed by atoms with Crippen molar-refractivity contribution >= 4 is 17.9 Å². The van der Waals surface area contributed by atoms with Gasteiger partial charge in [0.2, 0.25) is 0 Å². The summed E-state index contributed by atoms with van der Waals surface area (Å²) >= 11 is 0. The topological polar surface area (TPSA) is 78.9 Å². The highest BCUT2D eigenvalue weighted by molar-refractivity contribution is 5.71. The van der Waals surface area contributed by atoms with Crippen LogP contribution in [0.3, 0.4) is 0 Å². The molecule has 0 fully saturated rings. The number of carbonyl (C=O) groups excluding carboxylic acids is 3. The van der Waals surface area contributed by atoms with Crippen LogP contribution in [-0.2, 0) is 28.6 Å². The number of carbonyl (C=O) groups is 3. The Balaban J connectivity index is 4.27. The first-order valence-electron chi connectivity index (χ1n) is 33.5. The summed E-state index contributed by atoms with van der Waals surface area (Å²) in [5, 5.41) is 0. The van der Waals surface area contributed by atoms with E-state index in [1.165, 1.54) is 257 Å². The van der Waals surface area contributed by atoms with E-state index in [-0.39, 0.29) is 31.1 Å². The smallest absolute Gasteiger partial charge is 0.306 e. The third kappa shape index (κ3) is 62.4. The highest BCUT2D eigenvalue weighted by Gasteiger charge is 2.19. The summed E-state index contributed by atoms with van der Waals surface area (Å²) in [7, 11) is 0. The van der Waals surface area contributed by atoms with Crippen LogP contribution in [0.25, 0.3) is 0 Å². The van der Waals surface area contributed by atoms with Gasteiger partial charge in [-0.3, -0.25) is 14.4 Å². The Labute approximate surface area is 467 Å². The molecule has 6 nitrogen and oxygen atoms in total. The van der Waals surface area contributed by atoms with E-state index < -0.39 is 6.10 Å². The molecule has 0 heterocycles. The summed E-state index contributed by atoms with van der Waals surface area (Å²) < 4.78 is 17.0. The van der Waals surface area contributed by atoms with Crippen molar-refractivity contribution in [2.75, 3.05) is 13.2 Å².